The Hall–Kier alpha value is -2.13. The summed E-state index contributed by atoms with van der Waals surface area (Å²) in [6.45, 7) is 0. The van der Waals surface area contributed by atoms with E-state index in [2.05, 4.69) is 11.8 Å². The highest BCUT2D eigenvalue weighted by Gasteiger charge is 1.98. The van der Waals surface area contributed by atoms with Crippen LogP contribution >= 0.6 is 0 Å². The SMILES string of the molecule is COc1cc(C#CC#N)cc(OC)c1. The van der Waals surface area contributed by atoms with Gasteiger partial charge in [-0.2, -0.15) is 5.26 Å². The molecule has 0 aliphatic heterocycles. The first-order valence-electron chi connectivity index (χ1n) is 3.93. The molecular formula is C11H9NO2. The Balaban J connectivity index is 3.12. The van der Waals surface area contributed by atoms with Crippen molar-refractivity contribution in [2.75, 3.05) is 14.2 Å². The summed E-state index contributed by atoms with van der Waals surface area (Å²) < 4.78 is 10.1. The lowest BCUT2D eigenvalue weighted by Gasteiger charge is -2.04. The molecule has 70 valence electrons. The molecule has 0 heterocycles. The average molecular weight is 187 g/mol. The van der Waals surface area contributed by atoms with Crippen molar-refractivity contribution in [3.05, 3.63) is 23.8 Å². The smallest absolute Gasteiger partial charge is 0.152 e. The van der Waals surface area contributed by atoms with Crippen LogP contribution in [0.3, 0.4) is 0 Å². The Kier molecular flexibility index (Phi) is 3.41. The zero-order valence-corrected chi connectivity index (χ0v) is 8.00. The lowest BCUT2D eigenvalue weighted by atomic mass is 10.2. The monoisotopic (exact) mass is 187 g/mol. The Morgan fingerprint density at radius 1 is 1.07 bits per heavy atom. The predicted octanol–water partition coefficient (Wildman–Crippen LogP) is 1.58. The van der Waals surface area contributed by atoms with Crippen molar-refractivity contribution in [3.8, 4) is 29.4 Å². The molecule has 3 nitrogen and oxygen atoms in total. The van der Waals surface area contributed by atoms with Crippen LogP contribution in [0.15, 0.2) is 18.2 Å². The highest BCUT2D eigenvalue weighted by atomic mass is 16.5. The molecule has 14 heavy (non-hydrogen) atoms. The van der Waals surface area contributed by atoms with Crippen LogP contribution in [0, 0.1) is 23.2 Å². The minimum Gasteiger partial charge on any atom is -0.497 e. The summed E-state index contributed by atoms with van der Waals surface area (Å²) in [5.74, 6) is 6.30. The number of hydrogen-bond donors (Lipinski definition) is 0. The van der Waals surface area contributed by atoms with Gasteiger partial charge in [-0.15, -0.1) is 0 Å². The fraction of sp³-hybridized carbons (Fsp3) is 0.182. The fourth-order valence-electron chi connectivity index (χ4n) is 0.980. The second kappa shape index (κ2) is 4.79. The molecule has 0 bridgehead atoms. The molecule has 0 saturated carbocycles. The third kappa shape index (κ3) is 2.43. The third-order valence-corrected chi connectivity index (χ3v) is 1.61. The number of methoxy groups -OCH3 is 2. The van der Waals surface area contributed by atoms with Crippen molar-refractivity contribution in [2.24, 2.45) is 0 Å². The van der Waals surface area contributed by atoms with Crippen LogP contribution in [0.4, 0.5) is 0 Å². The van der Waals surface area contributed by atoms with Crippen molar-refractivity contribution in [2.45, 2.75) is 0 Å². The number of nitrogens with zero attached hydrogens (tertiary/aromatic N) is 1. The second-order valence-electron chi connectivity index (χ2n) is 2.46. The van der Waals surface area contributed by atoms with E-state index >= 15 is 0 Å². The van der Waals surface area contributed by atoms with Gasteiger partial charge in [-0.05, 0) is 12.1 Å². The molecule has 1 aromatic rings. The summed E-state index contributed by atoms with van der Waals surface area (Å²) in [5.41, 5.74) is 0.697. The molecule has 0 N–H and O–H groups in total. The van der Waals surface area contributed by atoms with Gasteiger partial charge in [-0.3, -0.25) is 0 Å². The zero-order chi connectivity index (χ0) is 10.4. The van der Waals surface area contributed by atoms with E-state index in [-0.39, 0.29) is 0 Å². The van der Waals surface area contributed by atoms with Crippen LogP contribution in [0.2, 0.25) is 0 Å². The molecule has 0 radical (unpaired) electrons. The van der Waals surface area contributed by atoms with Gasteiger partial charge in [0.15, 0.2) is 6.07 Å². The van der Waals surface area contributed by atoms with Gasteiger partial charge in [-0.25, -0.2) is 0 Å². The van der Waals surface area contributed by atoms with Gasteiger partial charge in [0, 0.05) is 17.6 Å². The predicted molar refractivity (Wildman–Crippen MR) is 52.0 cm³/mol. The Morgan fingerprint density at radius 2 is 1.64 bits per heavy atom. The summed E-state index contributed by atoms with van der Waals surface area (Å²) in [4.78, 5) is 0. The lowest BCUT2D eigenvalue weighted by Crippen LogP contribution is -1.88. The van der Waals surface area contributed by atoms with Crippen molar-refractivity contribution < 1.29 is 9.47 Å². The number of benzene rings is 1. The van der Waals surface area contributed by atoms with Gasteiger partial charge >= 0.3 is 0 Å². The third-order valence-electron chi connectivity index (χ3n) is 1.61. The van der Waals surface area contributed by atoms with Gasteiger partial charge in [0.25, 0.3) is 0 Å². The molecule has 0 aliphatic carbocycles. The molecule has 0 atom stereocenters. The number of ether oxygens (including phenoxy) is 2. The van der Waals surface area contributed by atoms with E-state index in [0.29, 0.717) is 17.1 Å². The maximum atomic E-state index is 8.29. The maximum absolute atomic E-state index is 8.29. The summed E-state index contributed by atoms with van der Waals surface area (Å²) in [6, 6.07) is 6.98. The van der Waals surface area contributed by atoms with Crippen molar-refractivity contribution in [1.29, 1.82) is 5.26 Å². The van der Waals surface area contributed by atoms with Crippen molar-refractivity contribution >= 4 is 0 Å². The normalized spacial score (nSPS) is 8.07. The Morgan fingerprint density at radius 3 is 2.07 bits per heavy atom. The van der Waals surface area contributed by atoms with Gasteiger partial charge in [0.1, 0.15) is 11.5 Å². The second-order valence-corrected chi connectivity index (χ2v) is 2.46. The maximum Gasteiger partial charge on any atom is 0.152 e. The van der Waals surface area contributed by atoms with E-state index in [1.165, 1.54) is 0 Å². The Labute approximate surface area is 82.9 Å². The van der Waals surface area contributed by atoms with E-state index in [1.54, 1.807) is 38.5 Å². The zero-order valence-electron chi connectivity index (χ0n) is 8.00. The fourth-order valence-corrected chi connectivity index (χ4v) is 0.980. The molecule has 0 amide bonds. The first-order valence-corrected chi connectivity index (χ1v) is 3.93. The van der Waals surface area contributed by atoms with Crippen molar-refractivity contribution in [3.63, 3.8) is 0 Å². The summed E-state index contributed by atoms with van der Waals surface area (Å²) >= 11 is 0. The molecular weight excluding hydrogens is 178 g/mol. The van der Waals surface area contributed by atoms with Crippen LogP contribution in [-0.4, -0.2) is 14.2 Å². The number of hydrogen-bond acceptors (Lipinski definition) is 3. The molecule has 0 saturated heterocycles. The molecule has 1 aromatic carbocycles. The minimum absolute atomic E-state index is 0.659. The van der Waals surface area contributed by atoms with Crippen LogP contribution in [0.5, 0.6) is 11.5 Å². The van der Waals surface area contributed by atoms with E-state index in [9.17, 15) is 0 Å². The topological polar surface area (TPSA) is 42.2 Å². The standard InChI is InChI=1S/C11H9NO2/c1-13-10-6-9(4-3-5-12)7-11(8-10)14-2/h6-8H,1-2H3. The average Bonchev–Trinajstić information content (AvgIpc) is 2.25. The van der Waals surface area contributed by atoms with Crippen LogP contribution in [-0.2, 0) is 0 Å². The highest BCUT2D eigenvalue weighted by Crippen LogP contribution is 2.21. The molecule has 0 fully saturated rings. The van der Waals surface area contributed by atoms with E-state index in [1.807, 2.05) is 0 Å². The van der Waals surface area contributed by atoms with Crippen LogP contribution in [0.1, 0.15) is 5.56 Å². The van der Waals surface area contributed by atoms with Crippen LogP contribution in [0.25, 0.3) is 0 Å². The van der Waals surface area contributed by atoms with Gasteiger partial charge in [0.05, 0.1) is 14.2 Å². The molecule has 0 spiro atoms. The summed E-state index contributed by atoms with van der Waals surface area (Å²) in [5, 5.41) is 8.29. The first kappa shape index (κ1) is 9.95. The lowest BCUT2D eigenvalue weighted by molar-refractivity contribution is 0.394. The van der Waals surface area contributed by atoms with Gasteiger partial charge in [-0.1, -0.05) is 5.92 Å². The van der Waals surface area contributed by atoms with Crippen molar-refractivity contribution in [1.82, 2.24) is 0 Å². The largest absolute Gasteiger partial charge is 0.497 e. The number of nitriles is 1. The summed E-state index contributed by atoms with van der Waals surface area (Å²) in [7, 11) is 3.13. The molecule has 0 aliphatic rings. The van der Waals surface area contributed by atoms with Gasteiger partial charge < -0.3 is 9.47 Å². The molecule has 1 rings (SSSR count). The molecule has 0 unspecified atom stereocenters. The molecule has 0 aromatic heterocycles. The first-order chi connectivity index (χ1) is 6.80. The van der Waals surface area contributed by atoms with E-state index < -0.39 is 0 Å². The summed E-state index contributed by atoms with van der Waals surface area (Å²) in [6.07, 6.45) is 0. The highest BCUT2D eigenvalue weighted by molar-refractivity contribution is 5.47. The quantitative estimate of drug-likeness (QED) is 0.660. The van der Waals surface area contributed by atoms with E-state index in [4.69, 9.17) is 14.7 Å². The minimum atomic E-state index is 0.659. The molecule has 3 heteroatoms. The van der Waals surface area contributed by atoms with Gasteiger partial charge in [0.2, 0.25) is 0 Å². The Bertz CT molecular complexity index is 399. The van der Waals surface area contributed by atoms with Crippen LogP contribution < -0.4 is 9.47 Å². The van der Waals surface area contributed by atoms with E-state index in [0.717, 1.165) is 0 Å². The number of rotatable bonds is 2.